The highest BCUT2D eigenvalue weighted by atomic mass is 35.5. The van der Waals surface area contributed by atoms with Crippen molar-refractivity contribution >= 4 is 124 Å². The Labute approximate surface area is 403 Å². The number of para-hydroxylation sites is 3. The van der Waals surface area contributed by atoms with Gasteiger partial charge in [-0.25, -0.2) is 0 Å². The molecule has 0 radical (unpaired) electrons. The van der Waals surface area contributed by atoms with Gasteiger partial charge < -0.3 is 16.0 Å². The fourth-order valence-corrected chi connectivity index (χ4v) is 8.77. The maximum Gasteiger partial charge on any atom is 0.296 e. The van der Waals surface area contributed by atoms with Crippen molar-refractivity contribution in [1.29, 1.82) is 0 Å². The monoisotopic (exact) mass is 1010 g/mol. The summed E-state index contributed by atoms with van der Waals surface area (Å²) < 4.78 is 70.3. The average molecular weight is 1010 g/mol. The largest absolute Gasteiger partial charge is 0.324 e. The lowest BCUT2D eigenvalue weighted by molar-refractivity contribution is -0.118. The Bertz CT molecular complexity index is 3190. The molecule has 2 aliphatic rings. The first-order valence-electron chi connectivity index (χ1n) is 20.2. The van der Waals surface area contributed by atoms with E-state index >= 15 is 0 Å². The van der Waals surface area contributed by atoms with Crippen LogP contribution in [-0.2, 0) is 29.8 Å². The molecule has 2 aliphatic heterocycles. The van der Waals surface area contributed by atoms with Crippen LogP contribution in [0, 0.1) is 13.8 Å². The van der Waals surface area contributed by atoms with Crippen LogP contribution in [0.3, 0.4) is 0 Å². The maximum atomic E-state index is 13.5. The van der Waals surface area contributed by atoms with Gasteiger partial charge in [-0.1, -0.05) is 65.7 Å². The second kappa shape index (κ2) is 19.2. The summed E-state index contributed by atoms with van der Waals surface area (Å²) >= 11 is 12.8. The van der Waals surface area contributed by atoms with Crippen LogP contribution in [0.4, 0.5) is 57.7 Å². The van der Waals surface area contributed by atoms with Crippen molar-refractivity contribution in [2.75, 3.05) is 26.0 Å². The molecule has 26 heteroatoms. The molecule has 6 aromatic rings. The van der Waals surface area contributed by atoms with Gasteiger partial charge in [0.15, 0.2) is 12.1 Å². The highest BCUT2D eigenvalue weighted by molar-refractivity contribution is 7.86. The lowest BCUT2D eigenvalue weighted by atomic mass is 10.1. The summed E-state index contributed by atoms with van der Waals surface area (Å²) in [7, 11) is -9.75. The van der Waals surface area contributed by atoms with E-state index in [0.29, 0.717) is 28.2 Å². The topological polar surface area (TPSA) is 298 Å². The highest BCUT2D eigenvalue weighted by Crippen LogP contribution is 2.37. The number of nitrogens with zero attached hydrogens (tertiary/aromatic N) is 11. The van der Waals surface area contributed by atoms with E-state index in [0.717, 1.165) is 22.2 Å². The van der Waals surface area contributed by atoms with Crippen molar-refractivity contribution in [1.82, 2.24) is 15.0 Å². The average Bonchev–Trinajstić information content (AvgIpc) is 3.71. The molecule has 0 saturated carbocycles. The number of aryl methyl sites for hydroxylation is 2. The van der Waals surface area contributed by atoms with Crippen molar-refractivity contribution in [3.63, 3.8) is 0 Å². The smallest absolute Gasteiger partial charge is 0.296 e. The second-order valence-electron chi connectivity index (χ2n) is 15.2. The van der Waals surface area contributed by atoms with Crippen molar-refractivity contribution in [2.24, 2.45) is 30.7 Å². The van der Waals surface area contributed by atoms with Gasteiger partial charge in [-0.3, -0.25) is 18.7 Å². The molecule has 0 saturated heterocycles. The number of anilines is 8. The minimum atomic E-state index is -4.87. The summed E-state index contributed by atoms with van der Waals surface area (Å²) in [5.41, 5.74) is 2.63. The molecule has 5 N–H and O–H groups in total. The molecule has 1 aromatic heterocycles. The fraction of sp³-hybridized carbons (Fsp3) is 0.140. The summed E-state index contributed by atoms with van der Waals surface area (Å²) in [6, 6.07) is 23.6. The number of benzene rings is 5. The third-order valence-corrected chi connectivity index (χ3v) is 12.6. The zero-order chi connectivity index (χ0) is 49.4. The number of carbonyl (C=O) groups excluding carboxylic acids is 2. The molecule has 0 fully saturated rings. The first-order chi connectivity index (χ1) is 32.7. The number of amides is 2. The molecule has 0 bridgehead atoms. The van der Waals surface area contributed by atoms with Crippen molar-refractivity contribution < 1.29 is 35.5 Å². The Kier molecular flexibility index (Phi) is 13.3. The zero-order valence-electron chi connectivity index (χ0n) is 36.3. The number of hydrogen-bond acceptors (Lipinski definition) is 18. The number of rotatable bonds is 14. The van der Waals surface area contributed by atoms with Crippen molar-refractivity contribution in [2.45, 2.75) is 49.6 Å². The molecule has 69 heavy (non-hydrogen) atoms. The number of halogens is 2. The summed E-state index contributed by atoms with van der Waals surface area (Å²) in [6.07, 6.45) is 0. The molecular formula is C43H36Cl2N14O8S2. The van der Waals surface area contributed by atoms with Gasteiger partial charge in [0.05, 0.1) is 32.8 Å². The lowest BCUT2D eigenvalue weighted by Gasteiger charge is -2.16. The molecule has 352 valence electrons. The van der Waals surface area contributed by atoms with Crippen molar-refractivity contribution in [3.8, 4) is 0 Å². The van der Waals surface area contributed by atoms with Gasteiger partial charge in [-0.2, -0.15) is 72.5 Å². The number of hydrazone groups is 2. The van der Waals surface area contributed by atoms with Crippen LogP contribution in [0.25, 0.3) is 0 Å². The molecule has 2 amide bonds. The van der Waals surface area contributed by atoms with Crippen molar-refractivity contribution in [3.05, 3.63) is 124 Å². The van der Waals surface area contributed by atoms with Gasteiger partial charge in [0.25, 0.3) is 32.1 Å². The number of azo groups is 2. The van der Waals surface area contributed by atoms with E-state index in [4.69, 9.17) is 23.2 Å². The third-order valence-electron chi connectivity index (χ3n) is 10.2. The summed E-state index contributed by atoms with van der Waals surface area (Å²) in [4.78, 5) is 39.2. The number of aromatic nitrogens is 3. The SMILES string of the molecule is CC1=NN(c2c(C)cccc2Cl)C(=O)C1N=Nc1cc(Nc2nc(Nc3ccccc3)nc(Nc3ccc(S(=O)(=O)O)c(N=NC4C(=O)N(c5c(C)cccc5Cl)N=C4C)c3)n2)ccc1S(=O)(=O)O. The fourth-order valence-electron chi connectivity index (χ4n) is 6.96. The minimum absolute atomic E-state index is 0.00854. The van der Waals surface area contributed by atoms with Crippen LogP contribution >= 0.6 is 23.2 Å². The number of hydrogen-bond donors (Lipinski definition) is 5. The quantitative estimate of drug-likeness (QED) is 0.0502. The van der Waals surface area contributed by atoms with Gasteiger partial charge in [0.2, 0.25) is 17.8 Å². The Morgan fingerprint density at radius 1 is 0.536 bits per heavy atom. The summed E-state index contributed by atoms with van der Waals surface area (Å²) in [6.45, 7) is 6.59. The zero-order valence-corrected chi connectivity index (χ0v) is 39.5. The maximum absolute atomic E-state index is 13.5. The van der Waals surface area contributed by atoms with Crippen LogP contribution in [0.15, 0.2) is 144 Å². The Morgan fingerprint density at radius 3 is 1.30 bits per heavy atom. The van der Waals surface area contributed by atoms with Crippen LogP contribution in [-0.4, -0.2) is 76.2 Å². The first kappa shape index (κ1) is 47.9. The van der Waals surface area contributed by atoms with Crippen LogP contribution in [0.1, 0.15) is 25.0 Å². The molecule has 2 unspecified atom stereocenters. The molecule has 5 aromatic carbocycles. The van der Waals surface area contributed by atoms with Gasteiger partial charge in [0.1, 0.15) is 21.2 Å². The van der Waals surface area contributed by atoms with Crippen LogP contribution in [0.5, 0.6) is 0 Å². The van der Waals surface area contributed by atoms with Crippen LogP contribution in [0.2, 0.25) is 10.0 Å². The molecule has 0 spiro atoms. The van der Waals surface area contributed by atoms with E-state index in [1.165, 1.54) is 24.3 Å². The Morgan fingerprint density at radius 2 is 0.928 bits per heavy atom. The Balaban J connectivity index is 1.10. The molecule has 3 heterocycles. The van der Waals surface area contributed by atoms with Gasteiger partial charge >= 0.3 is 0 Å². The van der Waals surface area contributed by atoms with E-state index in [1.807, 2.05) is 0 Å². The van der Waals surface area contributed by atoms with E-state index < -0.39 is 53.9 Å². The summed E-state index contributed by atoms with van der Waals surface area (Å²) in [5, 5.41) is 36.8. The van der Waals surface area contributed by atoms with Gasteiger partial charge in [-0.15, -0.1) is 0 Å². The molecule has 22 nitrogen and oxygen atoms in total. The third kappa shape index (κ3) is 10.4. The minimum Gasteiger partial charge on any atom is -0.324 e. The molecule has 0 aliphatic carbocycles. The number of carbonyl (C=O) groups is 2. The number of nitrogens with one attached hydrogen (secondary N) is 3. The van der Waals surface area contributed by atoms with Gasteiger partial charge in [0, 0.05) is 17.1 Å². The van der Waals surface area contributed by atoms with Gasteiger partial charge in [-0.05, 0) is 99.5 Å². The lowest BCUT2D eigenvalue weighted by Crippen LogP contribution is -2.30. The molecular weight excluding hydrogens is 976 g/mol. The normalized spacial score (nSPS) is 16.4. The predicted octanol–water partition coefficient (Wildman–Crippen LogP) is 9.27. The second-order valence-corrected chi connectivity index (χ2v) is 18.8. The Hall–Kier alpha value is -7.61. The standard InChI is InChI=1S/C43H36Cl2N14O8S2/c1-22-10-8-14-29(44)37(22)58-39(60)35(24(3)56-58)54-52-31-20-27(16-18-33(31)68(62,63)64)47-42-49-41(46-26-12-6-5-7-13-26)50-43(51-42)48-28-17-19-34(69(65,66)67)32(21-28)53-55-36-25(4)57-59(40(36)61)38-23(2)11-9-15-30(38)45/h5-21,35-36H,1-4H3,(H,62,63,64)(H,65,66,67)(H3,46,47,48,49,50,51). The van der Waals surface area contributed by atoms with E-state index in [9.17, 15) is 35.5 Å². The first-order valence-corrected chi connectivity index (χ1v) is 23.8. The molecule has 2 atom stereocenters. The molecule has 8 rings (SSSR count). The van der Waals surface area contributed by atoms with E-state index in [1.54, 1.807) is 94.4 Å². The predicted molar refractivity (Wildman–Crippen MR) is 259 cm³/mol. The van der Waals surface area contributed by atoms with Crippen LogP contribution < -0.4 is 26.0 Å². The van der Waals surface area contributed by atoms with E-state index in [-0.39, 0.29) is 62.1 Å². The van der Waals surface area contributed by atoms with E-state index in [2.05, 4.69) is 61.6 Å². The highest BCUT2D eigenvalue weighted by Gasteiger charge is 2.38. The summed E-state index contributed by atoms with van der Waals surface area (Å²) in [5.74, 6) is -1.48.